The predicted octanol–water partition coefficient (Wildman–Crippen LogP) is 2.34. The van der Waals surface area contributed by atoms with Gasteiger partial charge >= 0.3 is 51.4 Å². The Balaban J connectivity index is 0.00000408. The van der Waals surface area contributed by atoms with Crippen molar-refractivity contribution in [3.63, 3.8) is 0 Å². The van der Waals surface area contributed by atoms with E-state index in [0.717, 1.165) is 33.7 Å². The molecular weight excluding hydrogens is 449 g/mol. The SMILES string of the molecule is C=C([CH-]C(C)=NC=[C-]NC(C)c1cccc(NC(=O)c2cncc(C)c2)c1)c1ccncc1.[K+]. The van der Waals surface area contributed by atoms with Gasteiger partial charge in [-0.3, -0.25) is 14.8 Å². The first kappa shape index (κ1) is 27.7. The van der Waals surface area contributed by atoms with E-state index in [2.05, 4.69) is 38.4 Å². The Morgan fingerprint density at radius 2 is 1.91 bits per heavy atom. The van der Waals surface area contributed by atoms with Gasteiger partial charge in [0.05, 0.1) is 5.56 Å². The maximum absolute atomic E-state index is 12.5. The van der Waals surface area contributed by atoms with E-state index in [1.54, 1.807) is 31.0 Å². The van der Waals surface area contributed by atoms with Crippen LogP contribution < -0.4 is 62.0 Å². The second-order valence-corrected chi connectivity index (χ2v) is 7.65. The topological polar surface area (TPSA) is 79.3 Å². The van der Waals surface area contributed by atoms with Crippen molar-refractivity contribution in [2.45, 2.75) is 26.8 Å². The minimum absolute atomic E-state index is 0. The van der Waals surface area contributed by atoms with E-state index in [1.807, 2.05) is 69.7 Å². The van der Waals surface area contributed by atoms with Crippen LogP contribution in [0.5, 0.6) is 0 Å². The maximum Gasteiger partial charge on any atom is 1.00 e. The number of amides is 1. The number of carbonyl (C=O) groups is 1. The van der Waals surface area contributed by atoms with Gasteiger partial charge in [-0.05, 0) is 55.8 Å². The number of aryl methyl sites for hydroxylation is 1. The average molecular weight is 477 g/mol. The summed E-state index contributed by atoms with van der Waals surface area (Å²) in [6, 6.07) is 13.3. The number of benzene rings is 1. The minimum atomic E-state index is -0.190. The van der Waals surface area contributed by atoms with Crippen LogP contribution in [0.4, 0.5) is 5.69 Å². The quantitative estimate of drug-likeness (QED) is 0.215. The Bertz CT molecular complexity index is 1170. The zero-order chi connectivity index (χ0) is 23.6. The van der Waals surface area contributed by atoms with Gasteiger partial charge in [-0.1, -0.05) is 24.3 Å². The minimum Gasteiger partial charge on any atom is -0.560 e. The van der Waals surface area contributed by atoms with E-state index in [-0.39, 0.29) is 63.3 Å². The van der Waals surface area contributed by atoms with Gasteiger partial charge in [-0.15, -0.1) is 18.2 Å². The van der Waals surface area contributed by atoms with Crippen LogP contribution in [-0.4, -0.2) is 21.6 Å². The Kier molecular flexibility index (Phi) is 11.4. The van der Waals surface area contributed by atoms with Crippen molar-refractivity contribution < 1.29 is 56.2 Å². The van der Waals surface area contributed by atoms with Crippen LogP contribution in [0.15, 0.2) is 85.0 Å². The molecule has 0 spiro atoms. The Hall–Kier alpha value is -2.55. The number of allylic oxidation sites excluding steroid dienone is 1. The zero-order valence-electron chi connectivity index (χ0n) is 20.0. The van der Waals surface area contributed by atoms with Gasteiger partial charge in [0.1, 0.15) is 0 Å². The molecule has 2 aromatic heterocycles. The smallest absolute Gasteiger partial charge is 0.560 e. The van der Waals surface area contributed by atoms with Crippen LogP contribution in [0.1, 0.15) is 46.9 Å². The molecule has 0 aliphatic carbocycles. The van der Waals surface area contributed by atoms with Crippen molar-refractivity contribution in [1.29, 1.82) is 0 Å². The number of pyridine rings is 2. The third-order valence-electron chi connectivity index (χ3n) is 4.85. The molecule has 0 radical (unpaired) electrons. The summed E-state index contributed by atoms with van der Waals surface area (Å²) in [7, 11) is 0. The van der Waals surface area contributed by atoms with Gasteiger partial charge in [0.25, 0.3) is 5.91 Å². The van der Waals surface area contributed by atoms with Crippen molar-refractivity contribution in [1.82, 2.24) is 15.3 Å². The molecular formula is C27H27KN5O-. The standard InChI is InChI=1S/C27H27N5O.K/c1-19-14-25(18-29-17-19)27(33)32-26-7-5-6-24(16-26)22(4)31-13-12-30-21(3)15-20(2)23-8-10-28-11-9-23;/h5-12,14-18,22,31H,2H2,1,3-4H3,(H,32,33);/q-2;+1. The van der Waals surface area contributed by atoms with Crippen molar-refractivity contribution >= 4 is 22.9 Å². The molecule has 6 nitrogen and oxygen atoms in total. The third kappa shape index (κ3) is 8.66. The van der Waals surface area contributed by atoms with Crippen molar-refractivity contribution in [3.05, 3.63) is 115 Å². The van der Waals surface area contributed by atoms with Gasteiger partial charge in [-0.25, -0.2) is 0 Å². The van der Waals surface area contributed by atoms with Gasteiger partial charge in [-0.2, -0.15) is 12.2 Å². The van der Waals surface area contributed by atoms with E-state index in [9.17, 15) is 4.79 Å². The van der Waals surface area contributed by atoms with Crippen molar-refractivity contribution in [2.24, 2.45) is 4.99 Å². The molecule has 1 atom stereocenters. The first-order valence-electron chi connectivity index (χ1n) is 10.6. The molecule has 1 amide bonds. The Morgan fingerprint density at radius 3 is 2.65 bits per heavy atom. The number of carbonyl (C=O) groups excluding carboxylic acids is 1. The van der Waals surface area contributed by atoms with E-state index in [1.165, 1.54) is 0 Å². The summed E-state index contributed by atoms with van der Waals surface area (Å²) in [4.78, 5) is 24.9. The number of anilines is 1. The summed E-state index contributed by atoms with van der Waals surface area (Å²) in [5.74, 6) is -0.190. The first-order chi connectivity index (χ1) is 15.9. The Morgan fingerprint density at radius 1 is 1.15 bits per heavy atom. The van der Waals surface area contributed by atoms with Crippen LogP contribution in [-0.2, 0) is 0 Å². The number of hydrogen-bond acceptors (Lipinski definition) is 5. The number of aromatic nitrogens is 2. The van der Waals surface area contributed by atoms with E-state index in [4.69, 9.17) is 0 Å². The summed E-state index contributed by atoms with van der Waals surface area (Å²) < 4.78 is 0. The molecule has 168 valence electrons. The molecule has 0 saturated carbocycles. The molecule has 2 N–H and O–H groups in total. The molecule has 3 aromatic rings. The molecule has 1 unspecified atom stereocenters. The summed E-state index contributed by atoms with van der Waals surface area (Å²) in [6.45, 7) is 9.89. The number of nitrogens with one attached hydrogen (secondary N) is 2. The van der Waals surface area contributed by atoms with E-state index in [0.29, 0.717) is 5.56 Å². The van der Waals surface area contributed by atoms with Gasteiger partial charge < -0.3 is 21.8 Å². The fourth-order valence-electron chi connectivity index (χ4n) is 3.09. The third-order valence-corrected chi connectivity index (χ3v) is 4.85. The van der Waals surface area contributed by atoms with E-state index >= 15 is 0 Å². The summed E-state index contributed by atoms with van der Waals surface area (Å²) in [5, 5.41) is 6.10. The van der Waals surface area contributed by atoms with E-state index < -0.39 is 0 Å². The maximum atomic E-state index is 12.5. The first-order valence-corrected chi connectivity index (χ1v) is 10.6. The fraction of sp³-hybridized carbons (Fsp3) is 0.148. The van der Waals surface area contributed by atoms with Crippen LogP contribution >= 0.6 is 0 Å². The molecule has 3 rings (SSSR count). The molecule has 7 heteroatoms. The number of nitrogens with zero attached hydrogens (tertiary/aromatic N) is 3. The molecule has 0 aliphatic rings. The van der Waals surface area contributed by atoms with Crippen LogP contribution in [0.25, 0.3) is 5.57 Å². The molecule has 1 aromatic carbocycles. The van der Waals surface area contributed by atoms with Crippen molar-refractivity contribution in [3.8, 4) is 0 Å². The number of aliphatic imine (C=N–C) groups is 1. The number of hydrogen-bond donors (Lipinski definition) is 2. The molecule has 0 bridgehead atoms. The normalized spacial score (nSPS) is 11.9. The zero-order valence-corrected chi connectivity index (χ0v) is 23.2. The van der Waals surface area contributed by atoms with Crippen LogP contribution in [0, 0.1) is 19.5 Å². The summed E-state index contributed by atoms with van der Waals surface area (Å²) in [5.41, 5.74) is 5.88. The summed E-state index contributed by atoms with van der Waals surface area (Å²) in [6.07, 6.45) is 13.3. The molecule has 0 aliphatic heterocycles. The van der Waals surface area contributed by atoms with Gasteiger partial charge in [0.2, 0.25) is 0 Å². The second-order valence-electron chi connectivity index (χ2n) is 7.65. The monoisotopic (exact) mass is 476 g/mol. The second kappa shape index (κ2) is 14.0. The van der Waals surface area contributed by atoms with Crippen LogP contribution in [0.3, 0.4) is 0 Å². The van der Waals surface area contributed by atoms with Crippen molar-refractivity contribution in [2.75, 3.05) is 5.32 Å². The van der Waals surface area contributed by atoms with Gasteiger partial charge in [0.15, 0.2) is 0 Å². The molecule has 0 fully saturated rings. The van der Waals surface area contributed by atoms with Gasteiger partial charge in [0, 0.05) is 36.5 Å². The molecule has 0 saturated heterocycles. The number of rotatable bonds is 9. The molecule has 34 heavy (non-hydrogen) atoms. The Labute approximate surface area is 244 Å². The fourth-order valence-corrected chi connectivity index (χ4v) is 3.09. The summed E-state index contributed by atoms with van der Waals surface area (Å²) >= 11 is 0. The average Bonchev–Trinajstić information content (AvgIpc) is 2.82. The predicted molar refractivity (Wildman–Crippen MR) is 133 cm³/mol. The molecule has 2 heterocycles. The largest absolute Gasteiger partial charge is 1.00 e. The van der Waals surface area contributed by atoms with Crippen LogP contribution in [0.2, 0.25) is 0 Å².